The van der Waals surface area contributed by atoms with Gasteiger partial charge in [-0.25, -0.2) is 4.68 Å². The summed E-state index contributed by atoms with van der Waals surface area (Å²) in [5.41, 5.74) is 4.82. The highest BCUT2D eigenvalue weighted by molar-refractivity contribution is 7.99. The fourth-order valence-electron chi connectivity index (χ4n) is 2.69. The number of nitrogens with one attached hydrogen (secondary N) is 1. The summed E-state index contributed by atoms with van der Waals surface area (Å²) < 4.78 is 7.75. The molecule has 20 heavy (non-hydrogen) atoms. The summed E-state index contributed by atoms with van der Waals surface area (Å²) >= 11 is 1.74. The first-order valence-electron chi connectivity index (χ1n) is 6.93. The van der Waals surface area contributed by atoms with Crippen molar-refractivity contribution in [1.29, 1.82) is 0 Å². The summed E-state index contributed by atoms with van der Waals surface area (Å²) in [4.78, 5) is 0. The van der Waals surface area contributed by atoms with Crippen molar-refractivity contribution in [1.82, 2.24) is 14.9 Å². The predicted molar refractivity (Wildman–Crippen MR) is 77.2 cm³/mol. The van der Waals surface area contributed by atoms with Crippen molar-refractivity contribution in [2.75, 3.05) is 17.8 Å². The van der Waals surface area contributed by atoms with E-state index in [9.17, 15) is 0 Å². The number of nitrogens with zero attached hydrogens (tertiary/aromatic N) is 3. The van der Waals surface area contributed by atoms with Crippen molar-refractivity contribution in [2.45, 2.75) is 30.1 Å². The summed E-state index contributed by atoms with van der Waals surface area (Å²) in [6.45, 7) is 0.822. The Morgan fingerprint density at radius 1 is 1.25 bits per heavy atom. The van der Waals surface area contributed by atoms with Crippen LogP contribution in [0.5, 0.6) is 0 Å². The van der Waals surface area contributed by atoms with Gasteiger partial charge in [0.15, 0.2) is 5.82 Å². The summed E-state index contributed by atoms with van der Waals surface area (Å²) in [6, 6.07) is 10.8. The molecule has 0 radical (unpaired) electrons. The molecule has 1 fully saturated rings. The van der Waals surface area contributed by atoms with Crippen LogP contribution in [-0.2, 0) is 4.74 Å². The molecule has 1 saturated heterocycles. The lowest BCUT2D eigenvalue weighted by atomic mass is 10.1. The molecule has 104 valence electrons. The zero-order chi connectivity index (χ0) is 13.4. The van der Waals surface area contributed by atoms with E-state index in [-0.39, 0.29) is 12.1 Å². The molecular weight excluding hydrogens is 272 g/mol. The Kier molecular flexibility index (Phi) is 3.12. The van der Waals surface area contributed by atoms with Gasteiger partial charge in [-0.15, -0.1) is 10.2 Å². The van der Waals surface area contributed by atoms with Gasteiger partial charge in [0.25, 0.3) is 0 Å². The third kappa shape index (κ3) is 2.09. The lowest BCUT2D eigenvalue weighted by molar-refractivity contribution is 0.102. The summed E-state index contributed by atoms with van der Waals surface area (Å²) in [5, 5.41) is 9.51. The van der Waals surface area contributed by atoms with Crippen LogP contribution in [0.1, 0.15) is 36.4 Å². The second-order valence-corrected chi connectivity index (χ2v) is 6.07. The van der Waals surface area contributed by atoms with Crippen molar-refractivity contribution in [3.63, 3.8) is 0 Å². The lowest BCUT2D eigenvalue weighted by Crippen LogP contribution is -2.29. The predicted octanol–water partition coefficient (Wildman–Crippen LogP) is 2.52. The average molecular weight is 288 g/mol. The Bertz CT molecular complexity index is 594. The van der Waals surface area contributed by atoms with E-state index in [1.54, 1.807) is 11.8 Å². The average Bonchev–Trinajstić information content (AvgIpc) is 3.16. The number of rotatable bonds is 2. The minimum Gasteiger partial charge on any atom is -0.370 e. The summed E-state index contributed by atoms with van der Waals surface area (Å²) in [7, 11) is 0. The smallest absolute Gasteiger partial charge is 0.210 e. The van der Waals surface area contributed by atoms with Crippen molar-refractivity contribution >= 4 is 11.8 Å². The number of thioether (sulfide) groups is 1. The molecule has 4 rings (SSSR count). The van der Waals surface area contributed by atoms with Crippen LogP contribution in [0.3, 0.4) is 0 Å². The first-order valence-corrected chi connectivity index (χ1v) is 7.91. The second kappa shape index (κ2) is 5.10. The molecule has 0 amide bonds. The molecule has 3 heterocycles. The summed E-state index contributed by atoms with van der Waals surface area (Å²) in [6.07, 6.45) is 2.21. The fraction of sp³-hybridized carbons (Fsp3) is 0.429. The molecule has 2 atom stereocenters. The number of ether oxygens (including phenoxy) is 1. The molecule has 1 N–H and O–H groups in total. The molecule has 2 aliphatic rings. The van der Waals surface area contributed by atoms with Crippen LogP contribution < -0.4 is 5.43 Å². The molecule has 1 aromatic carbocycles. The first kappa shape index (κ1) is 12.2. The van der Waals surface area contributed by atoms with Crippen LogP contribution in [-0.4, -0.2) is 27.2 Å². The number of fused-ring (bicyclic) bond motifs is 1. The SMILES string of the molecule is c1ccc(C2CSc3nnc(C4CCCO4)n3N2)cc1. The van der Waals surface area contributed by atoms with Crippen molar-refractivity contribution < 1.29 is 4.74 Å². The van der Waals surface area contributed by atoms with Crippen LogP contribution in [0.15, 0.2) is 35.5 Å². The van der Waals surface area contributed by atoms with Crippen molar-refractivity contribution in [2.24, 2.45) is 0 Å². The van der Waals surface area contributed by atoms with E-state index in [2.05, 4.69) is 39.9 Å². The van der Waals surface area contributed by atoms with Gasteiger partial charge in [-0.2, -0.15) is 0 Å². The van der Waals surface area contributed by atoms with Gasteiger partial charge in [0, 0.05) is 12.4 Å². The Balaban J connectivity index is 1.63. The van der Waals surface area contributed by atoms with Gasteiger partial charge >= 0.3 is 0 Å². The van der Waals surface area contributed by atoms with Crippen LogP contribution in [0.2, 0.25) is 0 Å². The maximum atomic E-state index is 5.73. The van der Waals surface area contributed by atoms with Gasteiger partial charge < -0.3 is 10.2 Å². The van der Waals surface area contributed by atoms with Gasteiger partial charge in [-0.1, -0.05) is 42.1 Å². The minimum absolute atomic E-state index is 0.0823. The maximum Gasteiger partial charge on any atom is 0.210 e. The Labute approximate surface area is 121 Å². The van der Waals surface area contributed by atoms with Gasteiger partial charge in [0.05, 0.1) is 6.04 Å². The van der Waals surface area contributed by atoms with E-state index in [0.717, 1.165) is 36.2 Å². The van der Waals surface area contributed by atoms with E-state index in [4.69, 9.17) is 4.74 Å². The first-order chi connectivity index (χ1) is 9.92. The molecule has 0 aliphatic carbocycles. The highest BCUT2D eigenvalue weighted by Gasteiger charge is 2.29. The third-order valence-corrected chi connectivity index (χ3v) is 4.76. The van der Waals surface area contributed by atoms with E-state index in [0.29, 0.717) is 0 Å². The van der Waals surface area contributed by atoms with Crippen molar-refractivity contribution in [3.8, 4) is 0 Å². The number of hydrogen-bond acceptors (Lipinski definition) is 5. The molecule has 0 bridgehead atoms. The zero-order valence-corrected chi connectivity index (χ0v) is 11.8. The molecular formula is C14H16N4OS. The lowest BCUT2D eigenvalue weighted by Gasteiger charge is -2.27. The highest BCUT2D eigenvalue weighted by atomic mass is 32.2. The topological polar surface area (TPSA) is 52.0 Å². The Morgan fingerprint density at radius 3 is 2.95 bits per heavy atom. The van der Waals surface area contributed by atoms with E-state index >= 15 is 0 Å². The second-order valence-electron chi connectivity index (χ2n) is 5.08. The van der Waals surface area contributed by atoms with E-state index in [1.807, 2.05) is 10.7 Å². The molecule has 2 aliphatic heterocycles. The van der Waals surface area contributed by atoms with Gasteiger partial charge in [-0.3, -0.25) is 0 Å². The van der Waals surface area contributed by atoms with Crippen molar-refractivity contribution in [3.05, 3.63) is 41.7 Å². The quantitative estimate of drug-likeness (QED) is 0.920. The van der Waals surface area contributed by atoms with Crippen LogP contribution in [0.25, 0.3) is 0 Å². The highest BCUT2D eigenvalue weighted by Crippen LogP contribution is 2.34. The van der Waals surface area contributed by atoms with Crippen LogP contribution in [0, 0.1) is 0 Å². The standard InChI is InChI=1S/C14H16N4OS/c1-2-5-10(6-3-1)11-9-20-14-16-15-13(18(14)17-11)12-7-4-8-19-12/h1-3,5-6,11-12,17H,4,7-9H2. The van der Waals surface area contributed by atoms with Gasteiger partial charge in [0.1, 0.15) is 6.10 Å². The van der Waals surface area contributed by atoms with Gasteiger partial charge in [0.2, 0.25) is 5.16 Å². The Morgan fingerprint density at radius 2 is 2.15 bits per heavy atom. The molecule has 2 unspecified atom stereocenters. The molecule has 5 nitrogen and oxygen atoms in total. The normalized spacial score (nSPS) is 25.2. The maximum absolute atomic E-state index is 5.73. The molecule has 2 aromatic rings. The van der Waals surface area contributed by atoms with E-state index < -0.39 is 0 Å². The number of hydrogen-bond donors (Lipinski definition) is 1. The molecule has 6 heteroatoms. The Hall–Kier alpha value is -1.53. The molecule has 0 saturated carbocycles. The number of benzene rings is 1. The minimum atomic E-state index is 0.0823. The van der Waals surface area contributed by atoms with Crippen LogP contribution in [0.4, 0.5) is 0 Å². The van der Waals surface area contributed by atoms with Crippen LogP contribution >= 0.6 is 11.8 Å². The molecule has 0 spiro atoms. The molecule has 1 aromatic heterocycles. The van der Waals surface area contributed by atoms with Gasteiger partial charge in [-0.05, 0) is 18.4 Å². The fourth-order valence-corrected chi connectivity index (χ4v) is 3.65. The largest absolute Gasteiger partial charge is 0.370 e. The summed E-state index contributed by atoms with van der Waals surface area (Å²) in [5.74, 6) is 1.87. The monoisotopic (exact) mass is 288 g/mol. The third-order valence-electron chi connectivity index (χ3n) is 3.74. The van der Waals surface area contributed by atoms with E-state index in [1.165, 1.54) is 5.56 Å². The number of aromatic nitrogens is 3. The zero-order valence-electron chi connectivity index (χ0n) is 11.0.